The van der Waals surface area contributed by atoms with Crippen molar-refractivity contribution < 1.29 is 19.4 Å². The Morgan fingerprint density at radius 2 is 1.97 bits per heavy atom. The lowest BCUT2D eigenvalue weighted by atomic mass is 9.95. The highest BCUT2D eigenvalue weighted by Gasteiger charge is 2.42. The molecule has 0 spiro atoms. The van der Waals surface area contributed by atoms with Gasteiger partial charge in [-0.05, 0) is 50.1 Å². The highest BCUT2D eigenvalue weighted by molar-refractivity contribution is 6.00. The van der Waals surface area contributed by atoms with Crippen LogP contribution in [-0.2, 0) is 4.74 Å². The normalized spacial score (nSPS) is 15.4. The summed E-state index contributed by atoms with van der Waals surface area (Å²) in [6.07, 6.45) is 0.721. The number of phenolic OH excluding ortho intramolecular Hbond substituents is 1. The van der Waals surface area contributed by atoms with Crippen LogP contribution in [0.25, 0.3) is 11.3 Å². The fraction of sp³-hybridized carbons (Fsp3) is 0.333. The zero-order chi connectivity index (χ0) is 22.0. The van der Waals surface area contributed by atoms with Crippen molar-refractivity contribution in [3.05, 3.63) is 64.8 Å². The van der Waals surface area contributed by atoms with Crippen molar-refractivity contribution in [2.24, 2.45) is 0 Å². The first kappa shape index (κ1) is 20.9. The molecule has 0 saturated heterocycles. The summed E-state index contributed by atoms with van der Waals surface area (Å²) in [5.74, 6) is 0.817. The predicted molar refractivity (Wildman–Crippen MR) is 117 cm³/mol. The Morgan fingerprint density at radius 1 is 1.19 bits per heavy atom. The molecule has 2 heterocycles. The Balaban J connectivity index is 1.81. The average Bonchev–Trinajstić information content (AvgIpc) is 3.30. The van der Waals surface area contributed by atoms with Crippen molar-refractivity contribution in [1.29, 1.82) is 0 Å². The molecule has 1 aliphatic rings. The van der Waals surface area contributed by atoms with Crippen LogP contribution in [0.5, 0.6) is 11.5 Å². The van der Waals surface area contributed by atoms with E-state index in [4.69, 9.17) is 9.47 Å². The van der Waals surface area contributed by atoms with Crippen LogP contribution in [0.1, 0.15) is 46.6 Å². The zero-order valence-electron chi connectivity index (χ0n) is 18.0. The number of benzene rings is 2. The standard InChI is InChI=1S/C24H27N3O4/c1-4-31-17-9-7-16(8-10-17)23-20-21(18-14-15(2)6-11-19(18)28)25-26-22(20)24(29)27(23)12-5-13-30-3/h6-11,14,23,28H,4-5,12-13H2,1-3H3,(H,25,26)/t23-/m0/s1. The van der Waals surface area contributed by atoms with Gasteiger partial charge in [0, 0.05) is 31.4 Å². The number of aryl methyl sites for hydroxylation is 1. The number of carbonyl (C=O) groups is 1. The van der Waals surface area contributed by atoms with Crippen LogP contribution in [0.4, 0.5) is 0 Å². The van der Waals surface area contributed by atoms with E-state index < -0.39 is 0 Å². The number of H-pyrrole nitrogens is 1. The maximum absolute atomic E-state index is 13.3. The number of aromatic hydroxyl groups is 1. The van der Waals surface area contributed by atoms with Gasteiger partial charge in [-0.3, -0.25) is 9.89 Å². The summed E-state index contributed by atoms with van der Waals surface area (Å²) in [6.45, 7) is 5.61. The SMILES string of the molecule is CCOc1ccc([C@H]2c3c(-c4cc(C)ccc4O)n[nH]c3C(=O)N2CCCOC)cc1. The minimum absolute atomic E-state index is 0.101. The first-order valence-electron chi connectivity index (χ1n) is 10.5. The average molecular weight is 421 g/mol. The van der Waals surface area contributed by atoms with Gasteiger partial charge in [0.2, 0.25) is 0 Å². The lowest BCUT2D eigenvalue weighted by Crippen LogP contribution is -2.31. The second-order valence-corrected chi connectivity index (χ2v) is 7.63. The highest BCUT2D eigenvalue weighted by atomic mass is 16.5. The van der Waals surface area contributed by atoms with Gasteiger partial charge in [-0.2, -0.15) is 5.10 Å². The number of methoxy groups -OCH3 is 1. The topological polar surface area (TPSA) is 87.7 Å². The summed E-state index contributed by atoms with van der Waals surface area (Å²) in [5.41, 5.74) is 4.42. The fourth-order valence-electron chi connectivity index (χ4n) is 4.11. The molecule has 0 bridgehead atoms. The van der Waals surface area contributed by atoms with E-state index in [1.807, 2.05) is 55.1 Å². The maximum Gasteiger partial charge on any atom is 0.273 e. The van der Waals surface area contributed by atoms with E-state index >= 15 is 0 Å². The fourth-order valence-corrected chi connectivity index (χ4v) is 4.11. The summed E-state index contributed by atoms with van der Waals surface area (Å²) < 4.78 is 10.8. The molecule has 0 radical (unpaired) electrons. The maximum atomic E-state index is 13.3. The third-order valence-corrected chi connectivity index (χ3v) is 5.53. The summed E-state index contributed by atoms with van der Waals surface area (Å²) in [7, 11) is 1.65. The van der Waals surface area contributed by atoms with Crippen molar-refractivity contribution in [2.75, 3.05) is 26.9 Å². The summed E-state index contributed by atoms with van der Waals surface area (Å²) in [6, 6.07) is 12.9. The van der Waals surface area contributed by atoms with Crippen LogP contribution < -0.4 is 4.74 Å². The lowest BCUT2D eigenvalue weighted by molar-refractivity contribution is 0.0723. The van der Waals surface area contributed by atoms with Crippen molar-refractivity contribution in [1.82, 2.24) is 15.1 Å². The Kier molecular flexibility index (Phi) is 5.95. The first-order chi connectivity index (χ1) is 15.0. The first-order valence-corrected chi connectivity index (χ1v) is 10.5. The second-order valence-electron chi connectivity index (χ2n) is 7.63. The smallest absolute Gasteiger partial charge is 0.273 e. The molecular formula is C24H27N3O4. The number of hydrogen-bond donors (Lipinski definition) is 2. The van der Waals surface area contributed by atoms with Gasteiger partial charge in [0.05, 0.1) is 12.6 Å². The molecule has 0 saturated carbocycles. The van der Waals surface area contributed by atoms with E-state index in [1.54, 1.807) is 13.2 Å². The molecule has 1 aliphatic heterocycles. The van der Waals surface area contributed by atoms with Crippen molar-refractivity contribution >= 4 is 5.91 Å². The van der Waals surface area contributed by atoms with Crippen molar-refractivity contribution in [3.63, 3.8) is 0 Å². The van der Waals surface area contributed by atoms with Crippen LogP contribution in [0.3, 0.4) is 0 Å². The molecule has 162 valence electrons. The van der Waals surface area contributed by atoms with Gasteiger partial charge in [0.25, 0.3) is 5.91 Å². The van der Waals surface area contributed by atoms with Crippen LogP contribution >= 0.6 is 0 Å². The number of amides is 1. The summed E-state index contributed by atoms with van der Waals surface area (Å²) in [5, 5.41) is 17.9. The molecule has 1 aromatic heterocycles. The molecule has 2 N–H and O–H groups in total. The third kappa shape index (κ3) is 3.88. The Morgan fingerprint density at radius 3 is 2.68 bits per heavy atom. The van der Waals surface area contributed by atoms with E-state index in [2.05, 4.69) is 10.2 Å². The molecule has 3 aromatic rings. The summed E-state index contributed by atoms with van der Waals surface area (Å²) >= 11 is 0. The van der Waals surface area contributed by atoms with E-state index in [1.165, 1.54) is 0 Å². The van der Waals surface area contributed by atoms with Crippen LogP contribution in [0.15, 0.2) is 42.5 Å². The monoisotopic (exact) mass is 421 g/mol. The van der Waals surface area contributed by atoms with Gasteiger partial charge in [0.1, 0.15) is 22.9 Å². The minimum Gasteiger partial charge on any atom is -0.507 e. The molecule has 0 aliphatic carbocycles. The molecule has 2 aromatic carbocycles. The Labute approximate surface area is 181 Å². The molecule has 4 rings (SSSR count). The van der Waals surface area contributed by atoms with Crippen LogP contribution in [0.2, 0.25) is 0 Å². The lowest BCUT2D eigenvalue weighted by Gasteiger charge is -2.26. The number of aromatic amines is 1. The Bertz CT molecular complexity index is 1070. The number of nitrogens with zero attached hydrogens (tertiary/aromatic N) is 2. The number of rotatable bonds is 8. The van der Waals surface area contributed by atoms with Gasteiger partial charge in [-0.15, -0.1) is 0 Å². The number of hydrogen-bond acceptors (Lipinski definition) is 5. The number of ether oxygens (including phenoxy) is 2. The molecular weight excluding hydrogens is 394 g/mol. The van der Waals surface area contributed by atoms with E-state index in [-0.39, 0.29) is 17.7 Å². The molecule has 1 atom stereocenters. The highest BCUT2D eigenvalue weighted by Crippen LogP contribution is 2.44. The van der Waals surface area contributed by atoms with Crippen LogP contribution in [0, 0.1) is 6.92 Å². The van der Waals surface area contributed by atoms with Gasteiger partial charge in [0.15, 0.2) is 0 Å². The molecule has 0 fully saturated rings. The second kappa shape index (κ2) is 8.81. The third-order valence-electron chi connectivity index (χ3n) is 5.53. The van der Waals surface area contributed by atoms with Crippen LogP contribution in [-0.4, -0.2) is 53.0 Å². The molecule has 7 nitrogen and oxygen atoms in total. The number of nitrogens with one attached hydrogen (secondary N) is 1. The van der Waals surface area contributed by atoms with Gasteiger partial charge in [-0.1, -0.05) is 23.8 Å². The van der Waals surface area contributed by atoms with E-state index in [0.717, 1.165) is 28.9 Å². The predicted octanol–water partition coefficient (Wildman–Crippen LogP) is 4.07. The molecule has 7 heteroatoms. The largest absolute Gasteiger partial charge is 0.507 e. The number of carbonyl (C=O) groups excluding carboxylic acids is 1. The number of phenols is 1. The summed E-state index contributed by atoms with van der Waals surface area (Å²) in [4.78, 5) is 15.1. The number of aromatic nitrogens is 2. The van der Waals surface area contributed by atoms with E-state index in [9.17, 15) is 9.90 Å². The molecule has 31 heavy (non-hydrogen) atoms. The quantitative estimate of drug-likeness (QED) is 0.536. The van der Waals surface area contributed by atoms with E-state index in [0.29, 0.717) is 36.7 Å². The minimum atomic E-state index is -0.316. The van der Waals surface area contributed by atoms with Gasteiger partial charge >= 0.3 is 0 Å². The zero-order valence-corrected chi connectivity index (χ0v) is 18.0. The van der Waals surface area contributed by atoms with Gasteiger partial charge < -0.3 is 19.5 Å². The molecule has 1 amide bonds. The van der Waals surface area contributed by atoms with Crippen molar-refractivity contribution in [2.45, 2.75) is 26.3 Å². The molecule has 0 unspecified atom stereocenters. The number of fused-ring (bicyclic) bond motifs is 1. The van der Waals surface area contributed by atoms with Crippen molar-refractivity contribution in [3.8, 4) is 22.8 Å². The Hall–Kier alpha value is -3.32. The van der Waals surface area contributed by atoms with Gasteiger partial charge in [-0.25, -0.2) is 0 Å².